The predicted molar refractivity (Wildman–Crippen MR) is 44.5 cm³/mol. The van der Waals surface area contributed by atoms with E-state index in [1.807, 2.05) is 6.92 Å². The van der Waals surface area contributed by atoms with E-state index in [1.54, 1.807) is 0 Å². The summed E-state index contributed by atoms with van der Waals surface area (Å²) >= 11 is 0. The van der Waals surface area contributed by atoms with Gasteiger partial charge in [0, 0.05) is 13.2 Å². The van der Waals surface area contributed by atoms with Gasteiger partial charge in [-0.1, -0.05) is 0 Å². The summed E-state index contributed by atoms with van der Waals surface area (Å²) in [5, 5.41) is 11.5. The van der Waals surface area contributed by atoms with Crippen LogP contribution in [-0.2, 0) is 4.74 Å². The topological polar surface area (TPSA) is 84.6 Å². The van der Waals surface area contributed by atoms with E-state index >= 15 is 0 Å². The Balaban J connectivity index is 3.13. The average molecular weight is 176 g/mol. The van der Waals surface area contributed by atoms with Crippen LogP contribution in [0, 0.1) is 0 Å². The summed E-state index contributed by atoms with van der Waals surface area (Å²) < 4.78 is 4.86. The summed E-state index contributed by atoms with van der Waals surface area (Å²) in [4.78, 5) is 10.2. The molecule has 0 saturated carbocycles. The monoisotopic (exact) mass is 176 g/mol. The second-order valence-electron chi connectivity index (χ2n) is 2.34. The van der Waals surface area contributed by atoms with E-state index in [1.165, 1.54) is 0 Å². The minimum absolute atomic E-state index is 0.472. The van der Waals surface area contributed by atoms with Gasteiger partial charge in [-0.15, -0.1) is 0 Å². The zero-order chi connectivity index (χ0) is 9.40. The van der Waals surface area contributed by atoms with Gasteiger partial charge in [0.25, 0.3) is 0 Å². The minimum atomic E-state index is -0.732. The van der Waals surface area contributed by atoms with Crippen LogP contribution in [0.4, 0.5) is 4.79 Å². The maximum atomic E-state index is 10.2. The summed E-state index contributed by atoms with van der Waals surface area (Å²) in [6, 6.07) is -0.541. The quantitative estimate of drug-likeness (QED) is 0.386. The second-order valence-corrected chi connectivity index (χ2v) is 2.34. The molecule has 5 nitrogen and oxygen atoms in total. The summed E-state index contributed by atoms with van der Waals surface area (Å²) in [5.41, 5.74) is 4.82. The zero-order valence-electron chi connectivity index (χ0n) is 7.25. The number of rotatable bonds is 6. The number of amides is 2. The first kappa shape index (κ1) is 11.2. The van der Waals surface area contributed by atoms with Crippen LogP contribution in [0.1, 0.15) is 19.8 Å². The normalized spacial score (nSPS) is 12.5. The molecule has 5 heteroatoms. The van der Waals surface area contributed by atoms with Crippen LogP contribution in [0.5, 0.6) is 0 Å². The number of ether oxygens (including phenoxy) is 1. The highest BCUT2D eigenvalue weighted by molar-refractivity contribution is 5.71. The predicted octanol–water partition coefficient (Wildman–Crippen LogP) is -0.210. The van der Waals surface area contributed by atoms with Crippen molar-refractivity contribution in [2.75, 3.05) is 13.2 Å². The number of primary amides is 1. The molecule has 1 atom stereocenters. The summed E-state index contributed by atoms with van der Waals surface area (Å²) in [7, 11) is 0. The van der Waals surface area contributed by atoms with E-state index in [0.717, 1.165) is 0 Å². The minimum Gasteiger partial charge on any atom is -0.368 e. The van der Waals surface area contributed by atoms with Crippen LogP contribution in [0.2, 0.25) is 0 Å². The lowest BCUT2D eigenvalue weighted by molar-refractivity contribution is -0.0989. The Labute approximate surface area is 71.9 Å². The van der Waals surface area contributed by atoms with Crippen molar-refractivity contribution in [3.05, 3.63) is 0 Å². The lowest BCUT2D eigenvalue weighted by atomic mass is 10.3. The fourth-order valence-electron chi connectivity index (χ4n) is 0.764. The molecule has 0 radical (unpaired) electrons. The van der Waals surface area contributed by atoms with Crippen molar-refractivity contribution in [3.8, 4) is 0 Å². The molecule has 0 rings (SSSR count). The number of aliphatic hydroxyl groups excluding tert-OH is 1. The van der Waals surface area contributed by atoms with Crippen LogP contribution >= 0.6 is 0 Å². The molecule has 4 N–H and O–H groups in total. The second kappa shape index (κ2) is 6.87. The van der Waals surface area contributed by atoms with Crippen LogP contribution in [0.15, 0.2) is 0 Å². The lowest BCUT2D eigenvalue weighted by Gasteiger charge is -2.09. The van der Waals surface area contributed by atoms with Crippen LogP contribution in [0.25, 0.3) is 0 Å². The van der Waals surface area contributed by atoms with Gasteiger partial charge in [0.1, 0.15) is 0 Å². The zero-order valence-corrected chi connectivity index (χ0v) is 7.25. The van der Waals surface area contributed by atoms with E-state index in [4.69, 9.17) is 15.6 Å². The van der Waals surface area contributed by atoms with Gasteiger partial charge in [0.2, 0.25) is 0 Å². The Morgan fingerprint density at radius 1 is 1.75 bits per heavy atom. The van der Waals surface area contributed by atoms with Gasteiger partial charge in [-0.05, 0) is 19.8 Å². The maximum Gasteiger partial charge on any atom is 0.312 e. The van der Waals surface area contributed by atoms with Crippen molar-refractivity contribution in [1.82, 2.24) is 5.32 Å². The summed E-state index contributed by atoms with van der Waals surface area (Å²) in [6.45, 7) is 2.77. The molecule has 0 aliphatic rings. The highest BCUT2D eigenvalue weighted by Gasteiger charge is 2.01. The molecule has 0 saturated heterocycles. The fourth-order valence-corrected chi connectivity index (χ4v) is 0.764. The van der Waals surface area contributed by atoms with Gasteiger partial charge in [-0.25, -0.2) is 4.79 Å². The molecule has 2 amide bonds. The number of aliphatic hydroxyl groups is 1. The smallest absolute Gasteiger partial charge is 0.312 e. The van der Waals surface area contributed by atoms with Crippen molar-refractivity contribution in [1.29, 1.82) is 0 Å². The average Bonchev–Trinajstić information content (AvgIpc) is 1.98. The Kier molecular flexibility index (Phi) is 6.41. The van der Waals surface area contributed by atoms with E-state index in [2.05, 4.69) is 5.32 Å². The van der Waals surface area contributed by atoms with Gasteiger partial charge in [0.15, 0.2) is 6.29 Å². The first-order valence-electron chi connectivity index (χ1n) is 3.99. The molecular formula is C7H16N2O3. The van der Waals surface area contributed by atoms with Crippen LogP contribution in [-0.4, -0.2) is 30.6 Å². The molecule has 0 bridgehead atoms. The fraction of sp³-hybridized carbons (Fsp3) is 0.857. The van der Waals surface area contributed by atoms with E-state index < -0.39 is 12.3 Å². The Morgan fingerprint density at radius 2 is 2.42 bits per heavy atom. The third-order valence-corrected chi connectivity index (χ3v) is 1.29. The maximum absolute atomic E-state index is 10.2. The van der Waals surface area contributed by atoms with Crippen LogP contribution < -0.4 is 11.1 Å². The Hall–Kier alpha value is -0.810. The van der Waals surface area contributed by atoms with Gasteiger partial charge in [-0.2, -0.15) is 0 Å². The first-order chi connectivity index (χ1) is 5.66. The molecule has 0 aromatic heterocycles. The number of urea groups is 1. The molecule has 12 heavy (non-hydrogen) atoms. The number of nitrogens with one attached hydrogen (secondary N) is 1. The molecule has 0 aromatic rings. The molecule has 0 aliphatic heterocycles. The van der Waals surface area contributed by atoms with Crippen molar-refractivity contribution < 1.29 is 14.6 Å². The van der Waals surface area contributed by atoms with Gasteiger partial charge >= 0.3 is 6.03 Å². The number of hydrogen-bond donors (Lipinski definition) is 3. The number of carbonyl (C=O) groups is 1. The molecule has 0 spiro atoms. The largest absolute Gasteiger partial charge is 0.368 e. The third-order valence-electron chi connectivity index (χ3n) is 1.29. The van der Waals surface area contributed by atoms with E-state index in [9.17, 15) is 4.79 Å². The molecule has 0 aliphatic carbocycles. The van der Waals surface area contributed by atoms with Crippen molar-refractivity contribution in [2.45, 2.75) is 26.1 Å². The van der Waals surface area contributed by atoms with Gasteiger partial charge < -0.3 is 20.9 Å². The molecule has 72 valence electrons. The molecular weight excluding hydrogens is 160 g/mol. The van der Waals surface area contributed by atoms with Crippen molar-refractivity contribution in [3.63, 3.8) is 0 Å². The van der Waals surface area contributed by atoms with E-state index in [-0.39, 0.29) is 0 Å². The molecule has 0 fully saturated rings. The molecule has 0 heterocycles. The first-order valence-corrected chi connectivity index (χ1v) is 3.99. The summed E-state index contributed by atoms with van der Waals surface area (Å²) in [6.07, 6.45) is 0.433. The molecule has 0 aromatic carbocycles. The van der Waals surface area contributed by atoms with Crippen LogP contribution in [0.3, 0.4) is 0 Å². The highest BCUT2D eigenvalue weighted by atomic mass is 16.6. The van der Waals surface area contributed by atoms with Gasteiger partial charge in [0.05, 0.1) is 0 Å². The Bertz CT molecular complexity index is 130. The standard InChI is InChI=1S/C7H16N2O3/c1-2-12-6(10)4-3-5-9-7(8)11/h6,10H,2-5H2,1H3,(H3,8,9,11). The highest BCUT2D eigenvalue weighted by Crippen LogP contribution is 1.96. The van der Waals surface area contributed by atoms with Crippen molar-refractivity contribution >= 4 is 6.03 Å². The lowest BCUT2D eigenvalue weighted by Crippen LogP contribution is -2.30. The summed E-state index contributed by atoms with van der Waals surface area (Å²) in [5.74, 6) is 0. The number of nitrogens with two attached hydrogens (primary N) is 1. The SMILES string of the molecule is CCOC(O)CCCNC(N)=O. The molecule has 1 unspecified atom stereocenters. The van der Waals surface area contributed by atoms with Gasteiger partial charge in [-0.3, -0.25) is 0 Å². The number of carbonyl (C=O) groups excluding carboxylic acids is 1. The Morgan fingerprint density at radius 3 is 2.92 bits per heavy atom. The van der Waals surface area contributed by atoms with Crippen molar-refractivity contribution in [2.24, 2.45) is 5.73 Å². The third kappa shape index (κ3) is 7.30. The van der Waals surface area contributed by atoms with E-state index in [0.29, 0.717) is 26.0 Å². The number of hydrogen-bond acceptors (Lipinski definition) is 3.